The normalized spacial score (nSPS) is 11.2. The summed E-state index contributed by atoms with van der Waals surface area (Å²) >= 11 is 0. The lowest BCUT2D eigenvalue weighted by atomic mass is 10.2. The number of carbonyl (C=O) groups excluding carboxylic acids is 1. The van der Waals surface area contributed by atoms with Crippen molar-refractivity contribution in [1.29, 1.82) is 0 Å². The average Bonchev–Trinajstić information content (AvgIpc) is 2.78. The average molecular weight is 417 g/mol. The molecule has 0 aromatic heterocycles. The van der Waals surface area contributed by atoms with Crippen molar-refractivity contribution in [2.75, 3.05) is 25.1 Å². The molecule has 158 valence electrons. The van der Waals surface area contributed by atoms with Crippen LogP contribution in [0.4, 0.5) is 28.4 Å². The molecule has 8 heteroatoms. The monoisotopic (exact) mass is 417 g/mol. The third kappa shape index (κ3) is 6.83. The van der Waals surface area contributed by atoms with Crippen LogP contribution in [0.2, 0.25) is 0 Å². The summed E-state index contributed by atoms with van der Waals surface area (Å²) in [5, 5.41) is 25.8. The summed E-state index contributed by atoms with van der Waals surface area (Å²) < 4.78 is 4.98. The van der Waals surface area contributed by atoms with Gasteiger partial charge in [0.15, 0.2) is 0 Å². The molecule has 0 unspecified atom stereocenters. The molecular formula is C23H23N5O3. The van der Waals surface area contributed by atoms with Crippen molar-refractivity contribution >= 4 is 34.4 Å². The number of azo groups is 2. The van der Waals surface area contributed by atoms with Crippen LogP contribution in [0.25, 0.3) is 0 Å². The van der Waals surface area contributed by atoms with E-state index in [-0.39, 0.29) is 12.6 Å². The molecule has 0 saturated carbocycles. The summed E-state index contributed by atoms with van der Waals surface area (Å²) in [6.07, 6.45) is 0. The van der Waals surface area contributed by atoms with Gasteiger partial charge in [-0.15, -0.1) is 0 Å². The summed E-state index contributed by atoms with van der Waals surface area (Å²) in [7, 11) is 1.92. The summed E-state index contributed by atoms with van der Waals surface area (Å²) in [5.74, 6) is 0.0993. The number of ether oxygens (including phenoxy) is 1. The molecule has 0 fully saturated rings. The van der Waals surface area contributed by atoms with Crippen molar-refractivity contribution in [3.05, 3.63) is 72.8 Å². The van der Waals surface area contributed by atoms with Gasteiger partial charge in [0.1, 0.15) is 5.75 Å². The molecule has 0 spiro atoms. The number of anilines is 1. The number of likely N-dealkylation sites (N-methyl/N-ethyl adjacent to an activating group) is 1. The zero-order chi connectivity index (χ0) is 22.1. The maximum Gasteiger partial charge on any atom is 0.308 e. The highest BCUT2D eigenvalue weighted by Gasteiger charge is 2.00. The second-order valence-electron chi connectivity index (χ2n) is 6.67. The van der Waals surface area contributed by atoms with Crippen LogP contribution in [0.5, 0.6) is 5.75 Å². The Balaban J connectivity index is 1.58. The van der Waals surface area contributed by atoms with Crippen LogP contribution in [-0.2, 0) is 4.79 Å². The van der Waals surface area contributed by atoms with Gasteiger partial charge in [-0.1, -0.05) is 0 Å². The van der Waals surface area contributed by atoms with E-state index in [9.17, 15) is 4.79 Å². The van der Waals surface area contributed by atoms with E-state index in [0.29, 0.717) is 29.4 Å². The van der Waals surface area contributed by atoms with Crippen LogP contribution in [-0.4, -0.2) is 31.3 Å². The third-order valence-electron chi connectivity index (χ3n) is 4.24. The van der Waals surface area contributed by atoms with E-state index in [0.717, 1.165) is 11.4 Å². The predicted octanol–water partition coefficient (Wildman–Crippen LogP) is 5.87. The quantitative estimate of drug-likeness (QED) is 0.281. The maximum absolute atomic E-state index is 10.9. The summed E-state index contributed by atoms with van der Waals surface area (Å²) in [4.78, 5) is 12.9. The Hall–Kier alpha value is -3.91. The van der Waals surface area contributed by atoms with Crippen LogP contribution in [0.1, 0.15) is 6.92 Å². The van der Waals surface area contributed by atoms with E-state index in [2.05, 4.69) is 20.5 Å². The Morgan fingerprint density at radius 3 is 1.55 bits per heavy atom. The minimum absolute atomic E-state index is 0.107. The van der Waals surface area contributed by atoms with E-state index < -0.39 is 0 Å². The molecule has 0 atom stereocenters. The number of aliphatic hydroxyl groups excluding tert-OH is 1. The highest BCUT2D eigenvalue weighted by molar-refractivity contribution is 5.69. The van der Waals surface area contributed by atoms with Gasteiger partial charge < -0.3 is 14.7 Å². The van der Waals surface area contributed by atoms with Gasteiger partial charge in [-0.05, 0) is 72.8 Å². The van der Waals surface area contributed by atoms with Gasteiger partial charge in [0.2, 0.25) is 0 Å². The van der Waals surface area contributed by atoms with Crippen LogP contribution in [0.15, 0.2) is 93.3 Å². The molecule has 0 aliphatic carbocycles. The number of hydrogen-bond acceptors (Lipinski definition) is 8. The number of aliphatic hydroxyl groups is 1. The van der Waals surface area contributed by atoms with Gasteiger partial charge in [0.25, 0.3) is 0 Å². The molecule has 0 radical (unpaired) electrons. The first-order valence-corrected chi connectivity index (χ1v) is 9.67. The van der Waals surface area contributed by atoms with Crippen molar-refractivity contribution in [2.45, 2.75) is 6.92 Å². The Morgan fingerprint density at radius 1 is 0.774 bits per heavy atom. The first-order chi connectivity index (χ1) is 15.0. The highest BCUT2D eigenvalue weighted by atomic mass is 16.5. The van der Waals surface area contributed by atoms with Crippen LogP contribution in [0, 0.1) is 0 Å². The first-order valence-electron chi connectivity index (χ1n) is 9.67. The van der Waals surface area contributed by atoms with Crippen molar-refractivity contribution in [3.8, 4) is 5.75 Å². The smallest absolute Gasteiger partial charge is 0.308 e. The molecule has 0 bridgehead atoms. The summed E-state index contributed by atoms with van der Waals surface area (Å²) in [6, 6.07) is 21.6. The second kappa shape index (κ2) is 10.7. The van der Waals surface area contributed by atoms with Crippen molar-refractivity contribution in [3.63, 3.8) is 0 Å². The van der Waals surface area contributed by atoms with Crippen molar-refractivity contribution < 1.29 is 14.6 Å². The Morgan fingerprint density at radius 2 is 1.16 bits per heavy atom. The van der Waals surface area contributed by atoms with Gasteiger partial charge >= 0.3 is 5.97 Å². The second-order valence-corrected chi connectivity index (χ2v) is 6.67. The van der Waals surface area contributed by atoms with E-state index >= 15 is 0 Å². The van der Waals surface area contributed by atoms with Crippen LogP contribution >= 0.6 is 0 Å². The fraction of sp³-hybridized carbons (Fsp3) is 0.174. The minimum atomic E-state index is -0.366. The fourth-order valence-corrected chi connectivity index (χ4v) is 2.62. The van der Waals surface area contributed by atoms with Crippen molar-refractivity contribution in [2.24, 2.45) is 20.5 Å². The van der Waals surface area contributed by atoms with Gasteiger partial charge in [0.05, 0.1) is 29.4 Å². The molecule has 3 aromatic rings. The number of hydrogen-bond donors (Lipinski definition) is 1. The van der Waals surface area contributed by atoms with Crippen LogP contribution < -0.4 is 9.64 Å². The van der Waals surface area contributed by atoms with Gasteiger partial charge in [0, 0.05) is 26.2 Å². The third-order valence-corrected chi connectivity index (χ3v) is 4.24. The van der Waals surface area contributed by atoms with Gasteiger partial charge in [-0.25, -0.2) is 0 Å². The summed E-state index contributed by atoms with van der Waals surface area (Å²) in [6.45, 7) is 2.03. The lowest BCUT2D eigenvalue weighted by Crippen LogP contribution is -2.20. The molecular weight excluding hydrogens is 394 g/mol. The molecule has 1 N–H and O–H groups in total. The highest BCUT2D eigenvalue weighted by Crippen LogP contribution is 2.25. The number of rotatable bonds is 8. The molecule has 0 amide bonds. The summed E-state index contributed by atoms with van der Waals surface area (Å²) in [5.41, 5.74) is 3.77. The molecule has 3 rings (SSSR count). The van der Waals surface area contributed by atoms with Gasteiger partial charge in [-0.2, -0.15) is 20.5 Å². The largest absolute Gasteiger partial charge is 0.427 e. The SMILES string of the molecule is CC(=O)Oc1ccc(N=Nc2ccc(N=Nc3ccc(N(C)CCO)cc3)cc2)cc1. The lowest BCUT2D eigenvalue weighted by Gasteiger charge is -2.17. The molecule has 0 heterocycles. The first kappa shape index (κ1) is 21.8. The Kier molecular flexibility index (Phi) is 7.56. The van der Waals surface area contributed by atoms with Gasteiger partial charge in [-0.3, -0.25) is 4.79 Å². The van der Waals surface area contributed by atoms with Crippen molar-refractivity contribution in [1.82, 2.24) is 0 Å². The molecule has 3 aromatic carbocycles. The predicted molar refractivity (Wildman–Crippen MR) is 119 cm³/mol. The Bertz CT molecular complexity index is 1050. The number of esters is 1. The number of nitrogens with zero attached hydrogens (tertiary/aromatic N) is 5. The van der Waals surface area contributed by atoms with E-state index in [1.165, 1.54) is 6.92 Å². The molecule has 31 heavy (non-hydrogen) atoms. The molecule has 0 saturated heterocycles. The standard InChI is InChI=1S/C23H23N5O3/c1-17(30)31-23-13-9-21(10-14-23)27-25-19-5-3-18(4-6-19)24-26-20-7-11-22(12-8-20)28(2)15-16-29/h3-14,29H,15-16H2,1-2H3. The molecule has 8 nitrogen and oxygen atoms in total. The fourth-order valence-electron chi connectivity index (χ4n) is 2.62. The topological polar surface area (TPSA) is 99.2 Å². The maximum atomic E-state index is 10.9. The van der Waals surface area contributed by atoms with E-state index in [4.69, 9.17) is 9.84 Å². The molecule has 0 aliphatic heterocycles. The number of benzene rings is 3. The van der Waals surface area contributed by atoms with E-state index in [1.54, 1.807) is 36.4 Å². The molecule has 0 aliphatic rings. The zero-order valence-corrected chi connectivity index (χ0v) is 17.3. The number of carbonyl (C=O) groups is 1. The Labute approximate surface area is 180 Å². The minimum Gasteiger partial charge on any atom is -0.427 e. The lowest BCUT2D eigenvalue weighted by molar-refractivity contribution is -0.131. The van der Waals surface area contributed by atoms with Crippen LogP contribution in [0.3, 0.4) is 0 Å². The zero-order valence-electron chi connectivity index (χ0n) is 17.3. The van der Waals surface area contributed by atoms with E-state index in [1.807, 2.05) is 48.3 Å².